The van der Waals surface area contributed by atoms with Gasteiger partial charge in [0, 0.05) is 16.9 Å². The topological polar surface area (TPSA) is 42.0 Å². The predicted octanol–water partition coefficient (Wildman–Crippen LogP) is 4.29. The summed E-state index contributed by atoms with van der Waals surface area (Å²) >= 11 is 6.48. The minimum Gasteiger partial charge on any atom is -0.320 e. The summed E-state index contributed by atoms with van der Waals surface area (Å²) in [6, 6.07) is 6.82. The van der Waals surface area contributed by atoms with E-state index in [0.29, 0.717) is 5.69 Å². The van der Waals surface area contributed by atoms with Gasteiger partial charge in [-0.05, 0) is 92.0 Å². The van der Waals surface area contributed by atoms with Gasteiger partial charge in [-0.15, -0.1) is 0 Å². The van der Waals surface area contributed by atoms with Crippen LogP contribution in [0.4, 0.5) is 10.1 Å². The average molecular weight is 594 g/mol. The van der Waals surface area contributed by atoms with E-state index in [1.807, 2.05) is 12.1 Å². The Hall–Kier alpha value is -0.0400. The first-order chi connectivity index (χ1) is 8.99. The maximum absolute atomic E-state index is 13.4. The molecule has 0 saturated carbocycles. The van der Waals surface area contributed by atoms with E-state index in [1.165, 1.54) is 18.3 Å². The molecule has 1 aromatic carbocycles. The molecular formula is C12H6FI3N2O. The first-order valence-corrected chi connectivity index (χ1v) is 8.29. The zero-order valence-corrected chi connectivity index (χ0v) is 15.7. The van der Waals surface area contributed by atoms with Crippen LogP contribution < -0.4 is 5.32 Å². The number of carbonyl (C=O) groups is 1. The molecule has 1 amide bonds. The second-order valence-electron chi connectivity index (χ2n) is 3.54. The highest BCUT2D eigenvalue weighted by atomic mass is 127. The summed E-state index contributed by atoms with van der Waals surface area (Å²) in [5, 5.41) is 2.73. The van der Waals surface area contributed by atoms with Crippen LogP contribution in [0.1, 0.15) is 10.4 Å². The average Bonchev–Trinajstić information content (AvgIpc) is 2.34. The van der Waals surface area contributed by atoms with E-state index in [-0.39, 0.29) is 5.56 Å². The van der Waals surface area contributed by atoms with Crippen molar-refractivity contribution in [2.24, 2.45) is 0 Å². The zero-order chi connectivity index (χ0) is 14.0. The second-order valence-corrected chi connectivity index (χ2v) is 7.11. The molecule has 7 heteroatoms. The number of nitrogens with zero attached hydrogens (tertiary/aromatic N) is 1. The molecule has 3 nitrogen and oxygen atoms in total. The van der Waals surface area contributed by atoms with Crippen molar-refractivity contribution in [2.45, 2.75) is 0 Å². The first-order valence-electron chi connectivity index (χ1n) is 5.05. The van der Waals surface area contributed by atoms with E-state index in [2.05, 4.69) is 78.1 Å². The van der Waals surface area contributed by atoms with Crippen LogP contribution in [-0.4, -0.2) is 10.9 Å². The molecular weight excluding hydrogens is 588 g/mol. The molecule has 0 bridgehead atoms. The second kappa shape index (κ2) is 6.61. The van der Waals surface area contributed by atoms with Crippen LogP contribution in [0.2, 0.25) is 0 Å². The van der Waals surface area contributed by atoms with E-state index >= 15 is 0 Å². The normalized spacial score (nSPS) is 10.3. The fourth-order valence-electron chi connectivity index (χ4n) is 1.40. The highest BCUT2D eigenvalue weighted by Crippen LogP contribution is 2.27. The lowest BCUT2D eigenvalue weighted by atomic mass is 10.2. The Balaban J connectivity index is 2.32. The first kappa shape index (κ1) is 15.4. The molecule has 0 aliphatic heterocycles. The number of hydrogen-bond donors (Lipinski definition) is 1. The van der Waals surface area contributed by atoms with Crippen LogP contribution in [0, 0.1) is 16.7 Å². The van der Waals surface area contributed by atoms with Crippen molar-refractivity contribution in [2.75, 3.05) is 5.32 Å². The molecule has 1 aromatic heterocycles. The van der Waals surface area contributed by atoms with E-state index < -0.39 is 11.9 Å². The molecule has 0 aliphatic carbocycles. The lowest BCUT2D eigenvalue weighted by Crippen LogP contribution is -2.16. The van der Waals surface area contributed by atoms with Crippen molar-refractivity contribution in [3.05, 3.63) is 52.7 Å². The Morgan fingerprint density at radius 1 is 1.21 bits per heavy atom. The number of benzene rings is 1. The van der Waals surface area contributed by atoms with Gasteiger partial charge in [-0.1, -0.05) is 0 Å². The Bertz CT molecular complexity index is 626. The van der Waals surface area contributed by atoms with Gasteiger partial charge in [0.2, 0.25) is 5.95 Å². The highest BCUT2D eigenvalue weighted by molar-refractivity contribution is 14.1. The van der Waals surface area contributed by atoms with Crippen molar-refractivity contribution < 1.29 is 9.18 Å². The lowest BCUT2D eigenvalue weighted by molar-refractivity contribution is 0.102. The van der Waals surface area contributed by atoms with Gasteiger partial charge in [0.15, 0.2) is 0 Å². The number of hydrogen-bond acceptors (Lipinski definition) is 2. The number of carbonyl (C=O) groups excluding carboxylic acids is 1. The molecule has 1 heterocycles. The number of anilines is 1. The Kier molecular flexibility index (Phi) is 5.34. The molecule has 2 aromatic rings. The van der Waals surface area contributed by atoms with Crippen LogP contribution in [0.3, 0.4) is 0 Å². The van der Waals surface area contributed by atoms with Crippen LogP contribution in [0.5, 0.6) is 0 Å². The maximum Gasteiger partial charge on any atom is 0.260 e. The highest BCUT2D eigenvalue weighted by Gasteiger charge is 2.15. The molecule has 0 spiro atoms. The monoisotopic (exact) mass is 594 g/mol. The molecule has 0 aliphatic rings. The molecule has 0 saturated heterocycles. The summed E-state index contributed by atoms with van der Waals surface area (Å²) in [5.41, 5.74) is 0.627. The van der Waals surface area contributed by atoms with Gasteiger partial charge >= 0.3 is 0 Å². The Morgan fingerprint density at radius 2 is 1.84 bits per heavy atom. The predicted molar refractivity (Wildman–Crippen MR) is 96.7 cm³/mol. The number of amides is 1. The summed E-state index contributed by atoms with van der Waals surface area (Å²) < 4.78 is 16.3. The van der Waals surface area contributed by atoms with Gasteiger partial charge < -0.3 is 5.32 Å². The van der Waals surface area contributed by atoms with Gasteiger partial charge in [-0.2, -0.15) is 4.39 Å². The van der Waals surface area contributed by atoms with E-state index in [4.69, 9.17) is 0 Å². The van der Waals surface area contributed by atoms with Crippen molar-refractivity contribution in [3.8, 4) is 0 Å². The molecule has 1 N–H and O–H groups in total. The molecule has 19 heavy (non-hydrogen) atoms. The van der Waals surface area contributed by atoms with E-state index in [9.17, 15) is 9.18 Å². The fourth-order valence-corrected chi connectivity index (χ4v) is 5.25. The van der Waals surface area contributed by atoms with Crippen LogP contribution >= 0.6 is 67.8 Å². The Labute approximate surface area is 150 Å². The molecule has 98 valence electrons. The van der Waals surface area contributed by atoms with Gasteiger partial charge in [0.25, 0.3) is 5.91 Å². The summed E-state index contributed by atoms with van der Waals surface area (Å²) in [7, 11) is 0. The molecule has 0 unspecified atom stereocenters. The maximum atomic E-state index is 13.4. The van der Waals surface area contributed by atoms with Gasteiger partial charge in [-0.25, -0.2) is 4.98 Å². The van der Waals surface area contributed by atoms with Crippen molar-refractivity contribution in [1.29, 1.82) is 0 Å². The summed E-state index contributed by atoms with van der Waals surface area (Å²) in [4.78, 5) is 15.5. The van der Waals surface area contributed by atoms with E-state index in [0.717, 1.165) is 10.7 Å². The Morgan fingerprint density at radius 3 is 2.42 bits per heavy atom. The minimum absolute atomic E-state index is 0.0624. The quantitative estimate of drug-likeness (QED) is 0.417. The number of aromatic nitrogens is 1. The largest absolute Gasteiger partial charge is 0.320 e. The van der Waals surface area contributed by atoms with Gasteiger partial charge in [0.05, 0.1) is 11.3 Å². The van der Waals surface area contributed by atoms with Crippen LogP contribution in [-0.2, 0) is 0 Å². The summed E-state index contributed by atoms with van der Waals surface area (Å²) in [5.74, 6) is -1.27. The number of rotatable bonds is 2. The molecule has 0 fully saturated rings. The standard InChI is InChI=1S/C12H6FI3N2O/c13-11-7(2-1-3-17-11)12(19)18-10-8(15)4-6(14)5-9(10)16/h1-5H,(H,18,19). The SMILES string of the molecule is O=C(Nc1c(I)cc(I)cc1I)c1cccnc1F. The summed E-state index contributed by atoms with van der Waals surface area (Å²) in [6.07, 6.45) is 1.31. The number of halogens is 4. The van der Waals surface area contributed by atoms with Crippen molar-refractivity contribution in [1.82, 2.24) is 4.98 Å². The number of pyridine rings is 1. The van der Waals surface area contributed by atoms with Gasteiger partial charge in [0.1, 0.15) is 0 Å². The molecule has 2 rings (SSSR count). The molecule has 0 atom stereocenters. The van der Waals surface area contributed by atoms with E-state index in [1.54, 1.807) is 0 Å². The fraction of sp³-hybridized carbons (Fsp3) is 0. The third kappa shape index (κ3) is 3.74. The van der Waals surface area contributed by atoms with Crippen LogP contribution in [0.25, 0.3) is 0 Å². The minimum atomic E-state index is -0.768. The molecule has 0 radical (unpaired) electrons. The smallest absolute Gasteiger partial charge is 0.260 e. The number of nitrogens with one attached hydrogen (secondary N) is 1. The van der Waals surface area contributed by atoms with Crippen LogP contribution in [0.15, 0.2) is 30.5 Å². The third-order valence-electron chi connectivity index (χ3n) is 2.25. The zero-order valence-electron chi connectivity index (χ0n) is 9.25. The van der Waals surface area contributed by atoms with Crippen molar-refractivity contribution in [3.63, 3.8) is 0 Å². The van der Waals surface area contributed by atoms with Crippen molar-refractivity contribution >= 4 is 79.4 Å². The summed E-state index contributed by atoms with van der Waals surface area (Å²) in [6.45, 7) is 0. The van der Waals surface area contributed by atoms with Gasteiger partial charge in [-0.3, -0.25) is 4.79 Å². The lowest BCUT2D eigenvalue weighted by Gasteiger charge is -2.10. The third-order valence-corrected chi connectivity index (χ3v) is 4.57.